The zero-order valence-corrected chi connectivity index (χ0v) is 8.82. The Labute approximate surface area is 88.3 Å². The number of benzene rings is 1. The molecule has 1 N–H and O–H groups in total. The summed E-state index contributed by atoms with van der Waals surface area (Å²) in [5.74, 6) is 1.27. The molecule has 0 radical (unpaired) electrons. The second-order valence-electron chi connectivity index (χ2n) is 3.40. The lowest BCUT2D eigenvalue weighted by Gasteiger charge is -2.05. The van der Waals surface area contributed by atoms with Gasteiger partial charge in [-0.15, -0.1) is 0 Å². The average Bonchev–Trinajstić information content (AvgIpc) is 2.63. The fourth-order valence-electron chi connectivity index (χ4n) is 1.35. The first-order valence-corrected chi connectivity index (χ1v) is 4.84. The van der Waals surface area contributed by atoms with Crippen LogP contribution in [-0.2, 0) is 6.54 Å². The molecule has 0 unspecified atom stereocenters. The van der Waals surface area contributed by atoms with E-state index in [4.69, 9.17) is 4.52 Å². The van der Waals surface area contributed by atoms with Gasteiger partial charge in [0.2, 0.25) is 5.89 Å². The lowest BCUT2D eigenvalue weighted by Crippen LogP contribution is -2.00. The highest BCUT2D eigenvalue weighted by atomic mass is 16.5. The van der Waals surface area contributed by atoms with Crippen molar-refractivity contribution in [3.63, 3.8) is 0 Å². The van der Waals surface area contributed by atoms with E-state index in [1.165, 1.54) is 5.56 Å². The summed E-state index contributed by atoms with van der Waals surface area (Å²) in [4.78, 5) is 4.12. The lowest BCUT2D eigenvalue weighted by atomic mass is 10.2. The minimum atomic E-state index is 0.561. The van der Waals surface area contributed by atoms with E-state index in [2.05, 4.69) is 28.4 Å². The number of hydrogen-bond acceptors (Lipinski definition) is 4. The summed E-state index contributed by atoms with van der Waals surface area (Å²) in [7, 11) is 0. The quantitative estimate of drug-likeness (QED) is 0.831. The summed E-state index contributed by atoms with van der Waals surface area (Å²) < 4.78 is 5.00. The standard InChI is InChI=1S/C11H13N3O/c1-8-5-3-4-6-10(8)12-7-11-13-9(2)14-15-11/h3-6,12H,7H2,1-2H3. The molecule has 4 heteroatoms. The summed E-state index contributed by atoms with van der Waals surface area (Å²) >= 11 is 0. The van der Waals surface area contributed by atoms with Crippen LogP contribution in [0.5, 0.6) is 0 Å². The van der Waals surface area contributed by atoms with Gasteiger partial charge in [0, 0.05) is 5.69 Å². The van der Waals surface area contributed by atoms with E-state index in [1.54, 1.807) is 6.92 Å². The van der Waals surface area contributed by atoms with Gasteiger partial charge in [0.15, 0.2) is 5.82 Å². The van der Waals surface area contributed by atoms with Crippen molar-refractivity contribution in [2.24, 2.45) is 0 Å². The van der Waals surface area contributed by atoms with Crippen molar-refractivity contribution < 1.29 is 4.52 Å². The van der Waals surface area contributed by atoms with Crippen LogP contribution >= 0.6 is 0 Å². The van der Waals surface area contributed by atoms with E-state index < -0.39 is 0 Å². The Hall–Kier alpha value is -1.84. The number of para-hydroxylation sites is 1. The van der Waals surface area contributed by atoms with Gasteiger partial charge in [0.1, 0.15) is 0 Å². The highest BCUT2D eigenvalue weighted by Gasteiger charge is 2.02. The maximum atomic E-state index is 5.00. The number of aromatic nitrogens is 2. The van der Waals surface area contributed by atoms with Gasteiger partial charge in [0.05, 0.1) is 6.54 Å². The summed E-state index contributed by atoms with van der Waals surface area (Å²) in [5, 5.41) is 6.97. The molecule has 0 aliphatic rings. The van der Waals surface area contributed by atoms with E-state index in [-0.39, 0.29) is 0 Å². The zero-order valence-electron chi connectivity index (χ0n) is 8.82. The Morgan fingerprint density at radius 3 is 2.73 bits per heavy atom. The van der Waals surface area contributed by atoms with Gasteiger partial charge in [-0.1, -0.05) is 23.4 Å². The number of anilines is 1. The second-order valence-corrected chi connectivity index (χ2v) is 3.40. The molecule has 0 aliphatic carbocycles. The Morgan fingerprint density at radius 1 is 1.27 bits per heavy atom. The Balaban J connectivity index is 2.02. The summed E-state index contributed by atoms with van der Waals surface area (Å²) in [6, 6.07) is 8.09. The minimum absolute atomic E-state index is 0.561. The van der Waals surface area contributed by atoms with Crippen LogP contribution in [0.25, 0.3) is 0 Å². The molecule has 1 aromatic carbocycles. The van der Waals surface area contributed by atoms with Gasteiger partial charge in [-0.05, 0) is 25.5 Å². The smallest absolute Gasteiger partial charge is 0.245 e. The Kier molecular flexibility index (Phi) is 2.67. The molecule has 4 nitrogen and oxygen atoms in total. The molecule has 0 aliphatic heterocycles. The van der Waals surface area contributed by atoms with Crippen molar-refractivity contribution in [3.05, 3.63) is 41.5 Å². The van der Waals surface area contributed by atoms with Gasteiger partial charge in [-0.25, -0.2) is 0 Å². The second kappa shape index (κ2) is 4.13. The number of nitrogens with zero attached hydrogens (tertiary/aromatic N) is 2. The zero-order chi connectivity index (χ0) is 10.7. The first-order valence-electron chi connectivity index (χ1n) is 4.84. The summed E-state index contributed by atoms with van der Waals surface area (Å²) in [6.07, 6.45) is 0. The van der Waals surface area contributed by atoms with Crippen molar-refractivity contribution in [2.45, 2.75) is 20.4 Å². The van der Waals surface area contributed by atoms with Crippen molar-refractivity contribution in [1.82, 2.24) is 10.1 Å². The van der Waals surface area contributed by atoms with Crippen molar-refractivity contribution >= 4 is 5.69 Å². The molecule has 0 bridgehead atoms. The van der Waals surface area contributed by atoms with Gasteiger partial charge < -0.3 is 9.84 Å². The van der Waals surface area contributed by atoms with Crippen molar-refractivity contribution in [3.8, 4) is 0 Å². The molecule has 1 aromatic heterocycles. The van der Waals surface area contributed by atoms with E-state index in [1.807, 2.05) is 18.2 Å². The topological polar surface area (TPSA) is 51.0 Å². The fraction of sp³-hybridized carbons (Fsp3) is 0.273. The third-order valence-electron chi connectivity index (χ3n) is 2.14. The first kappa shape index (κ1) is 9.71. The van der Waals surface area contributed by atoms with Crippen LogP contribution in [-0.4, -0.2) is 10.1 Å². The molecule has 0 saturated heterocycles. The summed E-state index contributed by atoms with van der Waals surface area (Å²) in [6.45, 7) is 4.42. The Morgan fingerprint density at radius 2 is 2.07 bits per heavy atom. The van der Waals surface area contributed by atoms with Crippen LogP contribution in [0.3, 0.4) is 0 Å². The van der Waals surface area contributed by atoms with Crippen molar-refractivity contribution in [1.29, 1.82) is 0 Å². The predicted octanol–water partition coefficient (Wildman–Crippen LogP) is 2.30. The van der Waals surface area contributed by atoms with E-state index in [9.17, 15) is 0 Å². The monoisotopic (exact) mass is 203 g/mol. The van der Waals surface area contributed by atoms with Gasteiger partial charge in [-0.3, -0.25) is 0 Å². The molecule has 2 aromatic rings. The highest BCUT2D eigenvalue weighted by molar-refractivity contribution is 5.49. The highest BCUT2D eigenvalue weighted by Crippen LogP contribution is 2.13. The van der Waals surface area contributed by atoms with E-state index in [0.717, 1.165) is 5.69 Å². The molecule has 78 valence electrons. The fourth-order valence-corrected chi connectivity index (χ4v) is 1.35. The van der Waals surface area contributed by atoms with Crippen LogP contribution in [0, 0.1) is 13.8 Å². The Bertz CT molecular complexity index is 451. The summed E-state index contributed by atoms with van der Waals surface area (Å²) in [5.41, 5.74) is 2.29. The SMILES string of the molecule is Cc1noc(CNc2ccccc2C)n1. The molecule has 0 spiro atoms. The average molecular weight is 203 g/mol. The number of nitrogens with one attached hydrogen (secondary N) is 1. The van der Waals surface area contributed by atoms with Crippen LogP contribution < -0.4 is 5.32 Å². The third kappa shape index (κ3) is 2.34. The normalized spacial score (nSPS) is 10.3. The molecule has 0 atom stereocenters. The van der Waals surface area contributed by atoms with Gasteiger partial charge in [-0.2, -0.15) is 4.98 Å². The molecule has 2 rings (SSSR count). The number of aryl methyl sites for hydroxylation is 2. The first-order chi connectivity index (χ1) is 7.25. The maximum Gasteiger partial charge on any atom is 0.245 e. The molecular formula is C11H13N3O. The molecule has 15 heavy (non-hydrogen) atoms. The van der Waals surface area contributed by atoms with Gasteiger partial charge >= 0.3 is 0 Å². The van der Waals surface area contributed by atoms with Gasteiger partial charge in [0.25, 0.3) is 0 Å². The van der Waals surface area contributed by atoms with Crippen LogP contribution in [0.15, 0.2) is 28.8 Å². The van der Waals surface area contributed by atoms with Crippen LogP contribution in [0.2, 0.25) is 0 Å². The lowest BCUT2D eigenvalue weighted by molar-refractivity contribution is 0.379. The molecule has 0 amide bonds. The largest absolute Gasteiger partial charge is 0.376 e. The van der Waals surface area contributed by atoms with Crippen LogP contribution in [0.4, 0.5) is 5.69 Å². The predicted molar refractivity (Wildman–Crippen MR) is 57.5 cm³/mol. The molecule has 1 heterocycles. The molecule has 0 saturated carbocycles. The van der Waals surface area contributed by atoms with E-state index in [0.29, 0.717) is 18.3 Å². The minimum Gasteiger partial charge on any atom is -0.376 e. The maximum absolute atomic E-state index is 5.00. The third-order valence-corrected chi connectivity index (χ3v) is 2.14. The van der Waals surface area contributed by atoms with Crippen molar-refractivity contribution in [2.75, 3.05) is 5.32 Å². The van der Waals surface area contributed by atoms with Crippen LogP contribution in [0.1, 0.15) is 17.3 Å². The number of hydrogen-bond donors (Lipinski definition) is 1. The molecule has 0 fully saturated rings. The van der Waals surface area contributed by atoms with E-state index >= 15 is 0 Å². The molecular weight excluding hydrogens is 190 g/mol. The number of rotatable bonds is 3.